The van der Waals surface area contributed by atoms with E-state index in [4.69, 9.17) is 5.11 Å². The lowest BCUT2D eigenvalue weighted by atomic mass is 10.1. The van der Waals surface area contributed by atoms with Crippen molar-refractivity contribution in [2.24, 2.45) is 0 Å². The van der Waals surface area contributed by atoms with Gasteiger partial charge in [0.25, 0.3) is 0 Å². The molecule has 1 N–H and O–H groups in total. The van der Waals surface area contributed by atoms with Crippen LogP contribution in [-0.2, 0) is 13.0 Å². The lowest BCUT2D eigenvalue weighted by Gasteiger charge is -2.20. The minimum absolute atomic E-state index is 0.361. The number of hydrogen-bond donors (Lipinski definition) is 1. The number of halogens is 2. The third-order valence-corrected chi connectivity index (χ3v) is 3.28. The van der Waals surface area contributed by atoms with Crippen molar-refractivity contribution in [3.05, 3.63) is 59.2 Å². The van der Waals surface area contributed by atoms with E-state index >= 15 is 0 Å². The van der Waals surface area contributed by atoms with Gasteiger partial charge in [-0.25, -0.2) is 8.78 Å². The number of hydrogen-bond acceptors (Lipinski definition) is 2. The number of nitrogens with zero attached hydrogens (tertiary/aromatic N) is 1. The van der Waals surface area contributed by atoms with E-state index in [1.807, 2.05) is 36.2 Å². The number of phenolic OH excluding ortho intramolecular Hbond substituents is 1. The molecule has 20 heavy (non-hydrogen) atoms. The van der Waals surface area contributed by atoms with Gasteiger partial charge < -0.3 is 10.0 Å². The minimum atomic E-state index is -0.935. The second-order valence-corrected chi connectivity index (χ2v) is 4.78. The summed E-state index contributed by atoms with van der Waals surface area (Å²) in [5.74, 6) is -2.80. The summed E-state index contributed by atoms with van der Waals surface area (Å²) in [4.78, 5) is 1.89. The molecular formula is C16H17F2NO. The topological polar surface area (TPSA) is 23.5 Å². The fourth-order valence-corrected chi connectivity index (χ4v) is 2.06. The molecule has 0 radical (unpaired) electrons. The Hall–Kier alpha value is -2.10. The first-order valence-electron chi connectivity index (χ1n) is 6.48. The first kappa shape index (κ1) is 14.3. The van der Waals surface area contributed by atoms with Crippen LogP contribution in [-0.4, -0.2) is 12.2 Å². The summed E-state index contributed by atoms with van der Waals surface area (Å²) in [5.41, 5.74) is 2.68. The van der Waals surface area contributed by atoms with E-state index in [2.05, 4.69) is 6.92 Å². The highest BCUT2D eigenvalue weighted by atomic mass is 19.1. The van der Waals surface area contributed by atoms with Gasteiger partial charge in [-0.15, -0.1) is 0 Å². The minimum Gasteiger partial charge on any atom is -0.503 e. The summed E-state index contributed by atoms with van der Waals surface area (Å²) in [7, 11) is 1.85. The third-order valence-electron chi connectivity index (χ3n) is 3.28. The van der Waals surface area contributed by atoms with Gasteiger partial charge in [-0.05, 0) is 41.8 Å². The van der Waals surface area contributed by atoms with Crippen LogP contribution in [0.3, 0.4) is 0 Å². The molecule has 0 aliphatic carbocycles. The number of rotatable bonds is 4. The summed E-state index contributed by atoms with van der Waals surface area (Å²) < 4.78 is 26.6. The first-order chi connectivity index (χ1) is 9.51. The molecule has 0 heterocycles. The van der Waals surface area contributed by atoms with Crippen molar-refractivity contribution in [1.29, 1.82) is 0 Å². The van der Waals surface area contributed by atoms with Gasteiger partial charge >= 0.3 is 0 Å². The van der Waals surface area contributed by atoms with E-state index in [-0.39, 0.29) is 0 Å². The third kappa shape index (κ3) is 3.07. The fraction of sp³-hybridized carbons (Fsp3) is 0.250. The van der Waals surface area contributed by atoms with Gasteiger partial charge in [0, 0.05) is 19.3 Å². The van der Waals surface area contributed by atoms with E-state index < -0.39 is 17.4 Å². The number of aromatic hydroxyl groups is 1. The van der Waals surface area contributed by atoms with E-state index in [1.54, 1.807) is 0 Å². The lowest BCUT2D eigenvalue weighted by Crippen LogP contribution is -2.16. The molecule has 0 bridgehead atoms. The SMILES string of the molecule is CCc1ccc(N(C)Cc2cc(F)c(O)c(F)c2)cc1. The van der Waals surface area contributed by atoms with Gasteiger partial charge in [0.2, 0.25) is 0 Å². The molecule has 0 saturated heterocycles. The molecule has 0 aromatic heterocycles. The van der Waals surface area contributed by atoms with Crippen molar-refractivity contribution in [2.45, 2.75) is 19.9 Å². The molecule has 2 aromatic carbocycles. The maximum Gasteiger partial charge on any atom is 0.187 e. The Bertz CT molecular complexity index is 573. The van der Waals surface area contributed by atoms with Crippen molar-refractivity contribution < 1.29 is 13.9 Å². The predicted molar refractivity (Wildman–Crippen MR) is 75.9 cm³/mol. The average molecular weight is 277 g/mol. The molecule has 2 rings (SSSR count). The van der Waals surface area contributed by atoms with Crippen molar-refractivity contribution >= 4 is 5.69 Å². The quantitative estimate of drug-likeness (QED) is 0.917. The second kappa shape index (κ2) is 5.90. The lowest BCUT2D eigenvalue weighted by molar-refractivity contribution is 0.395. The van der Waals surface area contributed by atoms with Crippen molar-refractivity contribution in [2.75, 3.05) is 11.9 Å². The molecule has 0 spiro atoms. The maximum absolute atomic E-state index is 13.3. The Balaban J connectivity index is 2.16. The van der Waals surface area contributed by atoms with Crippen LogP contribution in [0.4, 0.5) is 14.5 Å². The Kier molecular flexibility index (Phi) is 4.23. The highest BCUT2D eigenvalue weighted by Gasteiger charge is 2.11. The van der Waals surface area contributed by atoms with Gasteiger partial charge in [0.15, 0.2) is 17.4 Å². The molecular weight excluding hydrogens is 260 g/mol. The van der Waals surface area contributed by atoms with Gasteiger partial charge in [-0.2, -0.15) is 0 Å². The smallest absolute Gasteiger partial charge is 0.187 e. The Morgan fingerprint density at radius 2 is 1.55 bits per heavy atom. The van der Waals surface area contributed by atoms with Crippen molar-refractivity contribution in [3.8, 4) is 5.75 Å². The molecule has 0 aliphatic heterocycles. The van der Waals surface area contributed by atoms with E-state index in [0.29, 0.717) is 12.1 Å². The molecule has 2 aromatic rings. The largest absolute Gasteiger partial charge is 0.503 e. The second-order valence-electron chi connectivity index (χ2n) is 4.78. The standard InChI is InChI=1S/C16H17F2NO/c1-3-11-4-6-13(7-5-11)19(2)10-12-8-14(17)16(20)15(18)9-12/h4-9,20H,3,10H2,1-2H3. The molecule has 106 valence electrons. The molecule has 0 unspecified atom stereocenters. The normalized spacial score (nSPS) is 10.6. The van der Waals surface area contributed by atoms with Crippen LogP contribution in [0.25, 0.3) is 0 Å². The maximum atomic E-state index is 13.3. The van der Waals surface area contributed by atoms with E-state index in [9.17, 15) is 8.78 Å². The zero-order chi connectivity index (χ0) is 14.7. The molecule has 0 aliphatic rings. The van der Waals surface area contributed by atoms with Gasteiger partial charge in [-0.1, -0.05) is 19.1 Å². The molecule has 0 saturated carbocycles. The zero-order valence-electron chi connectivity index (χ0n) is 11.5. The monoisotopic (exact) mass is 277 g/mol. The van der Waals surface area contributed by atoms with Gasteiger partial charge in [-0.3, -0.25) is 0 Å². The summed E-state index contributed by atoms with van der Waals surface area (Å²) in [6.45, 7) is 2.44. The van der Waals surface area contributed by atoms with Crippen LogP contribution in [0.5, 0.6) is 5.75 Å². The van der Waals surface area contributed by atoms with Gasteiger partial charge in [0.05, 0.1) is 0 Å². The highest BCUT2D eigenvalue weighted by molar-refractivity contribution is 5.47. The Morgan fingerprint density at radius 3 is 2.05 bits per heavy atom. The number of benzene rings is 2. The van der Waals surface area contributed by atoms with Crippen LogP contribution >= 0.6 is 0 Å². The molecule has 0 fully saturated rings. The summed E-state index contributed by atoms with van der Waals surface area (Å²) in [6, 6.07) is 10.3. The number of anilines is 1. The van der Waals surface area contributed by atoms with Gasteiger partial charge in [0.1, 0.15) is 0 Å². The molecule has 0 amide bonds. The Labute approximate surface area is 117 Å². The predicted octanol–water partition coefficient (Wildman–Crippen LogP) is 3.87. The molecule has 2 nitrogen and oxygen atoms in total. The van der Waals surface area contributed by atoms with Crippen LogP contribution in [0.1, 0.15) is 18.1 Å². The zero-order valence-corrected chi connectivity index (χ0v) is 11.5. The average Bonchev–Trinajstić information content (AvgIpc) is 2.44. The van der Waals surface area contributed by atoms with E-state index in [0.717, 1.165) is 24.2 Å². The first-order valence-corrected chi connectivity index (χ1v) is 6.48. The summed E-state index contributed by atoms with van der Waals surface area (Å²) >= 11 is 0. The molecule has 4 heteroatoms. The van der Waals surface area contributed by atoms with E-state index in [1.165, 1.54) is 5.56 Å². The van der Waals surface area contributed by atoms with Crippen LogP contribution in [0, 0.1) is 11.6 Å². The highest BCUT2D eigenvalue weighted by Crippen LogP contribution is 2.23. The molecule has 0 atom stereocenters. The summed E-state index contributed by atoms with van der Waals surface area (Å²) in [5, 5.41) is 9.08. The Morgan fingerprint density at radius 1 is 1.00 bits per heavy atom. The number of aryl methyl sites for hydroxylation is 1. The van der Waals surface area contributed by atoms with Crippen molar-refractivity contribution in [1.82, 2.24) is 0 Å². The summed E-state index contributed by atoms with van der Waals surface area (Å²) in [6.07, 6.45) is 0.971. The van der Waals surface area contributed by atoms with Crippen molar-refractivity contribution in [3.63, 3.8) is 0 Å². The van der Waals surface area contributed by atoms with Crippen LogP contribution < -0.4 is 4.90 Å². The van der Waals surface area contributed by atoms with Crippen LogP contribution in [0.2, 0.25) is 0 Å². The van der Waals surface area contributed by atoms with Crippen LogP contribution in [0.15, 0.2) is 36.4 Å². The number of phenols is 1. The fourth-order valence-electron chi connectivity index (χ4n) is 2.06.